The monoisotopic (exact) mass is 855 g/mol. The number of nitrogen functional groups attached to an aromatic ring is 1. The van der Waals surface area contributed by atoms with Gasteiger partial charge < -0.3 is 30.5 Å². The molecule has 7 aromatic rings. The number of H-pyrrole nitrogens is 1. The van der Waals surface area contributed by atoms with Gasteiger partial charge in [0, 0.05) is 59.0 Å². The van der Waals surface area contributed by atoms with Gasteiger partial charge in [0.05, 0.1) is 25.3 Å². The van der Waals surface area contributed by atoms with Crippen molar-refractivity contribution in [3.8, 4) is 11.5 Å². The fourth-order valence-corrected chi connectivity index (χ4v) is 9.01. The minimum atomic E-state index is -0.188. The fraction of sp³-hybridized carbons (Fsp3) is 0.241. The Morgan fingerprint density at radius 2 is 1.03 bits per heavy atom. The van der Waals surface area contributed by atoms with Gasteiger partial charge in [-0.3, -0.25) is 20.2 Å². The number of methoxy groups -OCH3 is 2. The molecule has 0 aliphatic heterocycles. The second kappa shape index (κ2) is 21.3. The van der Waals surface area contributed by atoms with Gasteiger partial charge in [-0.05, 0) is 91.3 Å². The van der Waals surface area contributed by atoms with Gasteiger partial charge in [0.1, 0.15) is 17.3 Å². The van der Waals surface area contributed by atoms with Gasteiger partial charge in [-0.2, -0.15) is 0 Å². The van der Waals surface area contributed by atoms with E-state index >= 15 is 0 Å². The van der Waals surface area contributed by atoms with E-state index in [1.165, 1.54) is 33.3 Å². The smallest absolute Gasteiger partial charge is 0.255 e. The Morgan fingerprint density at radius 1 is 0.578 bits per heavy atom. The number of nitrogens with one attached hydrogen (secondary N) is 4. The van der Waals surface area contributed by atoms with Crippen LogP contribution in [0.4, 0.5) is 5.69 Å². The number of aryl methyl sites for hydroxylation is 1. The van der Waals surface area contributed by atoms with Crippen molar-refractivity contribution in [2.75, 3.05) is 32.7 Å². The van der Waals surface area contributed by atoms with Crippen molar-refractivity contribution in [3.63, 3.8) is 0 Å². The van der Waals surface area contributed by atoms with Crippen LogP contribution < -0.4 is 31.4 Å². The summed E-state index contributed by atoms with van der Waals surface area (Å²) in [5, 5.41) is 7.58. The van der Waals surface area contributed by atoms with Crippen LogP contribution in [-0.2, 0) is 28.5 Å². The Balaban J connectivity index is 0.000000166. The number of aromatic amines is 1. The van der Waals surface area contributed by atoms with Crippen molar-refractivity contribution in [2.45, 2.75) is 55.8 Å². The molecular formula is C54H57N5O5. The SMILES string of the molecule is COc1ccccc1C(=O)NCC1(c2ccccc2)CCC(=O)CC1.COc1ccccc1C(=O)NCC1(c2ccccc2)CCc2[nH]c3ccccc3c2C1.NNc1ccccc1. The zero-order valence-electron chi connectivity index (χ0n) is 36.6. The molecule has 2 aliphatic carbocycles. The first kappa shape index (κ1) is 44.9. The highest BCUT2D eigenvalue weighted by molar-refractivity contribution is 5.97. The van der Waals surface area contributed by atoms with E-state index in [1.54, 1.807) is 26.4 Å². The van der Waals surface area contributed by atoms with Crippen LogP contribution in [0.5, 0.6) is 11.5 Å². The molecule has 6 N–H and O–H groups in total. The predicted octanol–water partition coefficient (Wildman–Crippen LogP) is 9.51. The number of benzene rings is 6. The Morgan fingerprint density at radius 3 is 1.56 bits per heavy atom. The molecule has 2 amide bonds. The van der Waals surface area contributed by atoms with E-state index in [0.29, 0.717) is 54.3 Å². The van der Waals surface area contributed by atoms with E-state index in [0.717, 1.165) is 37.8 Å². The molecule has 1 fully saturated rings. The molecule has 6 aromatic carbocycles. The number of anilines is 1. The van der Waals surface area contributed by atoms with Crippen LogP contribution in [-0.4, -0.2) is 49.9 Å². The van der Waals surface area contributed by atoms with Crippen molar-refractivity contribution in [2.24, 2.45) is 5.84 Å². The zero-order valence-corrected chi connectivity index (χ0v) is 36.6. The fourth-order valence-electron chi connectivity index (χ4n) is 9.01. The molecular weight excluding hydrogens is 799 g/mol. The summed E-state index contributed by atoms with van der Waals surface area (Å²) in [6, 6.07) is 53.5. The van der Waals surface area contributed by atoms with Crippen molar-refractivity contribution >= 4 is 34.2 Å². The van der Waals surface area contributed by atoms with Gasteiger partial charge in [0.15, 0.2) is 0 Å². The predicted molar refractivity (Wildman–Crippen MR) is 255 cm³/mol. The topological polar surface area (TPSA) is 148 Å². The van der Waals surface area contributed by atoms with E-state index in [1.807, 2.05) is 91.0 Å². The van der Waals surface area contributed by atoms with E-state index in [9.17, 15) is 14.4 Å². The average molecular weight is 856 g/mol. The van der Waals surface area contributed by atoms with Crippen LogP contribution >= 0.6 is 0 Å². The number of nitrogens with two attached hydrogens (primary N) is 1. The van der Waals surface area contributed by atoms with E-state index in [-0.39, 0.29) is 22.6 Å². The van der Waals surface area contributed by atoms with E-state index in [4.69, 9.17) is 15.3 Å². The highest BCUT2D eigenvalue weighted by Crippen LogP contribution is 2.41. The third-order valence-electron chi connectivity index (χ3n) is 12.6. The normalized spacial score (nSPS) is 16.1. The molecule has 0 spiro atoms. The largest absolute Gasteiger partial charge is 0.496 e. The standard InChI is InChI=1S/C27H26N2O2.C21H23NO3.C6H8N2/c1-31-25-14-8-6-12-21(25)26(30)28-18-27(19-9-3-2-4-10-19)16-15-24-22(17-27)20-11-5-7-13-23(20)29-24;1-25-19-10-6-5-9-18(19)20(24)22-15-21(13-11-17(23)12-14-21)16-7-3-2-4-8-16;7-8-6-4-2-1-3-5-6/h2-14,29H,15-18H2,1H3,(H,28,30);2-10H,11-15H2,1H3,(H,22,24);1-5,8H,7H2. The lowest BCUT2D eigenvalue weighted by Crippen LogP contribution is -2.44. The number of para-hydroxylation sites is 4. The van der Waals surface area contributed by atoms with Gasteiger partial charge in [0.25, 0.3) is 11.8 Å². The number of ether oxygens (including phenoxy) is 2. The molecule has 0 bridgehead atoms. The minimum Gasteiger partial charge on any atom is -0.496 e. The molecule has 2 aliphatic rings. The molecule has 64 heavy (non-hydrogen) atoms. The third kappa shape index (κ3) is 10.5. The first-order valence-electron chi connectivity index (χ1n) is 21.8. The first-order chi connectivity index (χ1) is 31.3. The minimum absolute atomic E-state index is 0.0996. The summed E-state index contributed by atoms with van der Waals surface area (Å²) in [6.45, 7) is 1.09. The zero-order chi connectivity index (χ0) is 44.8. The molecule has 1 atom stereocenters. The highest BCUT2D eigenvalue weighted by atomic mass is 16.5. The summed E-state index contributed by atoms with van der Waals surface area (Å²) in [5.41, 5.74) is 10.6. The number of Topliss-reactive ketones (excluding diaryl/α,β-unsaturated/α-hetero) is 1. The molecule has 1 unspecified atom stereocenters. The summed E-state index contributed by atoms with van der Waals surface area (Å²) in [7, 11) is 3.15. The summed E-state index contributed by atoms with van der Waals surface area (Å²) < 4.78 is 10.7. The molecule has 9 rings (SSSR count). The van der Waals surface area contributed by atoms with Gasteiger partial charge in [-0.1, -0.05) is 121 Å². The molecule has 1 aromatic heterocycles. The molecule has 1 saturated carbocycles. The van der Waals surface area contributed by atoms with Crippen LogP contribution in [0.1, 0.15) is 75.2 Å². The number of hydrogen-bond acceptors (Lipinski definition) is 7. The lowest BCUT2D eigenvalue weighted by atomic mass is 9.68. The lowest BCUT2D eigenvalue weighted by Gasteiger charge is -2.38. The van der Waals surface area contributed by atoms with Crippen LogP contribution in [0.3, 0.4) is 0 Å². The lowest BCUT2D eigenvalue weighted by molar-refractivity contribution is -0.121. The summed E-state index contributed by atoms with van der Waals surface area (Å²) >= 11 is 0. The van der Waals surface area contributed by atoms with Crippen molar-refractivity contribution < 1.29 is 23.9 Å². The number of fused-ring (bicyclic) bond motifs is 3. The van der Waals surface area contributed by atoms with Crippen molar-refractivity contribution in [1.82, 2.24) is 15.6 Å². The molecule has 1 heterocycles. The maximum Gasteiger partial charge on any atom is 0.255 e. The Kier molecular flexibility index (Phi) is 14.9. The third-order valence-corrected chi connectivity index (χ3v) is 12.6. The second-order valence-corrected chi connectivity index (χ2v) is 16.4. The summed E-state index contributed by atoms with van der Waals surface area (Å²) in [5.74, 6) is 6.32. The Bertz CT molecular complexity index is 2620. The molecule has 10 nitrogen and oxygen atoms in total. The van der Waals surface area contributed by atoms with Gasteiger partial charge in [-0.25, -0.2) is 0 Å². The molecule has 0 radical (unpaired) electrons. The molecule has 328 valence electrons. The van der Waals surface area contributed by atoms with Crippen LogP contribution in [0.25, 0.3) is 10.9 Å². The second-order valence-electron chi connectivity index (χ2n) is 16.4. The van der Waals surface area contributed by atoms with Crippen molar-refractivity contribution in [1.29, 1.82) is 0 Å². The molecule has 10 heteroatoms. The number of carbonyl (C=O) groups excluding carboxylic acids is 3. The van der Waals surface area contributed by atoms with Crippen LogP contribution in [0.2, 0.25) is 0 Å². The Hall–Kier alpha value is -7.17. The summed E-state index contributed by atoms with van der Waals surface area (Å²) in [4.78, 5) is 41.0. The van der Waals surface area contributed by atoms with E-state index < -0.39 is 0 Å². The summed E-state index contributed by atoms with van der Waals surface area (Å²) in [6.07, 6.45) is 5.50. The number of ketones is 1. The van der Waals surface area contributed by atoms with Crippen LogP contribution in [0.15, 0.2) is 164 Å². The Labute approximate surface area is 375 Å². The number of rotatable bonds is 11. The quantitative estimate of drug-likeness (QED) is 0.0643. The van der Waals surface area contributed by atoms with E-state index in [2.05, 4.69) is 81.7 Å². The van der Waals surface area contributed by atoms with Gasteiger partial charge >= 0.3 is 0 Å². The van der Waals surface area contributed by atoms with Gasteiger partial charge in [0.2, 0.25) is 0 Å². The maximum absolute atomic E-state index is 13.1. The number of hydrogen-bond donors (Lipinski definition) is 5. The number of hydrazine groups is 1. The average Bonchev–Trinajstić information content (AvgIpc) is 3.74. The maximum atomic E-state index is 13.1. The first-order valence-corrected chi connectivity index (χ1v) is 21.8. The van der Waals surface area contributed by atoms with Gasteiger partial charge in [-0.15, -0.1) is 0 Å². The number of aromatic nitrogens is 1. The van der Waals surface area contributed by atoms with Crippen molar-refractivity contribution in [3.05, 3.63) is 197 Å². The number of carbonyl (C=O) groups is 3. The van der Waals surface area contributed by atoms with Crippen LogP contribution in [0, 0.1) is 0 Å². The highest BCUT2D eigenvalue weighted by Gasteiger charge is 2.39. The molecule has 0 saturated heterocycles. The number of amides is 2.